The van der Waals surface area contributed by atoms with Crippen LogP contribution in [0.1, 0.15) is 24.8 Å². The van der Waals surface area contributed by atoms with E-state index in [9.17, 15) is 13.2 Å². The largest absolute Gasteiger partial charge is 0.343 e. The average Bonchev–Trinajstić information content (AvgIpc) is 2.93. The zero-order chi connectivity index (χ0) is 17.9. The molecule has 2 heterocycles. The summed E-state index contributed by atoms with van der Waals surface area (Å²) in [6.45, 7) is 5.73. The van der Waals surface area contributed by atoms with Gasteiger partial charge in [-0.2, -0.15) is 0 Å². The molecular formula is C18H27N3O3S. The van der Waals surface area contributed by atoms with Gasteiger partial charge in [-0.15, -0.1) is 0 Å². The summed E-state index contributed by atoms with van der Waals surface area (Å²) in [5.74, 6) is 1.40. The van der Waals surface area contributed by atoms with E-state index in [-0.39, 0.29) is 23.8 Å². The molecular weight excluding hydrogens is 338 g/mol. The average molecular weight is 365 g/mol. The number of carbonyl (C=O) groups is 1. The minimum absolute atomic E-state index is 0.0412. The van der Waals surface area contributed by atoms with Crippen LogP contribution in [0.15, 0.2) is 29.2 Å². The Morgan fingerprint density at radius 2 is 1.76 bits per heavy atom. The van der Waals surface area contributed by atoms with Crippen LogP contribution in [0.3, 0.4) is 0 Å². The maximum Gasteiger partial charge on any atom is 0.240 e. The number of likely N-dealkylation sites (tertiary alicyclic amines) is 1. The van der Waals surface area contributed by atoms with Crippen LogP contribution in [-0.4, -0.2) is 51.9 Å². The molecule has 25 heavy (non-hydrogen) atoms. The molecule has 2 aliphatic rings. The Kier molecular flexibility index (Phi) is 5.76. The first kappa shape index (κ1) is 18.4. The minimum Gasteiger partial charge on any atom is -0.343 e. The Morgan fingerprint density at radius 3 is 2.36 bits per heavy atom. The lowest BCUT2D eigenvalue weighted by Gasteiger charge is -2.21. The number of nitrogens with zero attached hydrogens (tertiary/aromatic N) is 1. The number of hydrogen-bond acceptors (Lipinski definition) is 4. The number of nitrogens with one attached hydrogen (secondary N) is 2. The number of rotatable bonds is 5. The van der Waals surface area contributed by atoms with Crippen molar-refractivity contribution in [2.24, 2.45) is 11.8 Å². The van der Waals surface area contributed by atoms with Crippen molar-refractivity contribution < 1.29 is 13.2 Å². The van der Waals surface area contributed by atoms with Gasteiger partial charge < -0.3 is 10.2 Å². The summed E-state index contributed by atoms with van der Waals surface area (Å²) >= 11 is 0. The third-order valence-electron chi connectivity index (χ3n) is 5.33. The number of hydrogen-bond donors (Lipinski definition) is 2. The van der Waals surface area contributed by atoms with Gasteiger partial charge in [-0.3, -0.25) is 4.79 Å². The smallest absolute Gasteiger partial charge is 0.240 e. The summed E-state index contributed by atoms with van der Waals surface area (Å²) in [7, 11) is -3.55. The van der Waals surface area contributed by atoms with Crippen molar-refractivity contribution in [2.75, 3.05) is 32.7 Å². The summed E-state index contributed by atoms with van der Waals surface area (Å²) < 4.78 is 27.0. The van der Waals surface area contributed by atoms with Crippen molar-refractivity contribution >= 4 is 15.9 Å². The monoisotopic (exact) mass is 365 g/mol. The van der Waals surface area contributed by atoms with Gasteiger partial charge in [0, 0.05) is 26.1 Å². The van der Waals surface area contributed by atoms with Gasteiger partial charge in [-0.25, -0.2) is 13.1 Å². The quantitative estimate of drug-likeness (QED) is 0.820. The fourth-order valence-corrected chi connectivity index (χ4v) is 4.75. The molecule has 0 spiro atoms. The zero-order valence-corrected chi connectivity index (χ0v) is 15.5. The number of aryl methyl sites for hydroxylation is 1. The maximum absolute atomic E-state index is 12.4. The van der Waals surface area contributed by atoms with Crippen molar-refractivity contribution in [1.29, 1.82) is 0 Å². The number of fused-ring (bicyclic) bond motifs is 1. The predicted octanol–water partition coefficient (Wildman–Crippen LogP) is 1.12. The molecule has 0 aromatic heterocycles. The molecule has 2 saturated heterocycles. The van der Waals surface area contributed by atoms with Crippen LogP contribution >= 0.6 is 0 Å². The van der Waals surface area contributed by atoms with E-state index >= 15 is 0 Å². The van der Waals surface area contributed by atoms with E-state index in [1.807, 2.05) is 11.8 Å². The third kappa shape index (κ3) is 4.59. The van der Waals surface area contributed by atoms with Gasteiger partial charge in [-0.05, 0) is 56.8 Å². The molecule has 3 rings (SSSR count). The molecule has 2 fully saturated rings. The second kappa shape index (κ2) is 7.85. The van der Waals surface area contributed by atoms with Gasteiger partial charge in [0.15, 0.2) is 0 Å². The highest BCUT2D eigenvalue weighted by atomic mass is 32.2. The van der Waals surface area contributed by atoms with Crippen LogP contribution in [0.5, 0.6) is 0 Å². The van der Waals surface area contributed by atoms with Crippen molar-refractivity contribution in [2.45, 2.75) is 31.1 Å². The van der Waals surface area contributed by atoms with Gasteiger partial charge in [0.25, 0.3) is 0 Å². The molecule has 1 amide bonds. The SMILES string of the molecule is Cc1ccc(S(=O)(=O)NCCC(=O)N2CC[C@@H]3CNC[C@@H]3CC2)cc1. The summed E-state index contributed by atoms with van der Waals surface area (Å²) in [5, 5.41) is 3.43. The van der Waals surface area contributed by atoms with Crippen LogP contribution in [0.2, 0.25) is 0 Å². The van der Waals surface area contributed by atoms with Crippen LogP contribution in [-0.2, 0) is 14.8 Å². The first-order chi connectivity index (χ1) is 12.0. The second-order valence-electron chi connectivity index (χ2n) is 7.10. The van der Waals surface area contributed by atoms with Crippen molar-refractivity contribution in [3.63, 3.8) is 0 Å². The Hall–Kier alpha value is -1.44. The highest BCUT2D eigenvalue weighted by molar-refractivity contribution is 7.89. The van der Waals surface area contributed by atoms with Crippen LogP contribution < -0.4 is 10.0 Å². The lowest BCUT2D eigenvalue weighted by Crippen LogP contribution is -2.35. The van der Waals surface area contributed by atoms with E-state index in [0.717, 1.165) is 44.6 Å². The molecule has 2 N–H and O–H groups in total. The molecule has 7 heteroatoms. The Morgan fingerprint density at radius 1 is 1.16 bits per heavy atom. The van der Waals surface area contributed by atoms with Crippen molar-refractivity contribution in [1.82, 2.24) is 14.9 Å². The Bertz CT molecular complexity index is 689. The van der Waals surface area contributed by atoms with Crippen LogP contribution in [0, 0.1) is 18.8 Å². The second-order valence-corrected chi connectivity index (χ2v) is 8.86. The van der Waals surface area contributed by atoms with E-state index in [1.54, 1.807) is 24.3 Å². The summed E-state index contributed by atoms with van der Waals surface area (Å²) in [4.78, 5) is 14.6. The molecule has 138 valence electrons. The van der Waals surface area contributed by atoms with E-state index < -0.39 is 10.0 Å². The van der Waals surface area contributed by atoms with E-state index in [4.69, 9.17) is 0 Å². The van der Waals surface area contributed by atoms with Gasteiger partial charge in [-0.1, -0.05) is 17.7 Å². The molecule has 0 bridgehead atoms. The van der Waals surface area contributed by atoms with Gasteiger partial charge in [0.05, 0.1) is 4.90 Å². The van der Waals surface area contributed by atoms with Crippen molar-refractivity contribution in [3.8, 4) is 0 Å². The van der Waals surface area contributed by atoms with E-state index in [0.29, 0.717) is 11.8 Å². The fraction of sp³-hybridized carbons (Fsp3) is 0.611. The van der Waals surface area contributed by atoms with Crippen LogP contribution in [0.4, 0.5) is 0 Å². The lowest BCUT2D eigenvalue weighted by atomic mass is 9.92. The summed E-state index contributed by atoms with van der Waals surface area (Å²) in [5.41, 5.74) is 1.01. The standard InChI is InChI=1S/C18H27N3O3S/c1-14-2-4-17(5-3-14)25(23,24)20-9-6-18(22)21-10-7-15-12-19-13-16(15)8-11-21/h2-5,15-16,19-20H,6-13H2,1H3/t15-,16+. The van der Waals surface area contributed by atoms with Gasteiger partial charge in [0.2, 0.25) is 15.9 Å². The molecule has 0 radical (unpaired) electrons. The minimum atomic E-state index is -3.55. The predicted molar refractivity (Wildman–Crippen MR) is 96.6 cm³/mol. The number of sulfonamides is 1. The molecule has 2 atom stereocenters. The van der Waals surface area contributed by atoms with Gasteiger partial charge in [0.1, 0.15) is 0 Å². The molecule has 0 aliphatic carbocycles. The molecule has 0 saturated carbocycles. The molecule has 1 aromatic rings. The Labute approximate surface area is 150 Å². The first-order valence-electron chi connectivity index (χ1n) is 9.00. The number of amides is 1. The molecule has 2 aliphatic heterocycles. The number of carbonyl (C=O) groups excluding carboxylic acids is 1. The van der Waals surface area contributed by atoms with E-state index in [2.05, 4.69) is 10.0 Å². The Balaban J connectivity index is 1.48. The van der Waals surface area contributed by atoms with E-state index in [1.165, 1.54) is 0 Å². The van der Waals surface area contributed by atoms with Crippen LogP contribution in [0.25, 0.3) is 0 Å². The summed E-state index contributed by atoms with van der Waals surface area (Å²) in [6, 6.07) is 6.70. The molecule has 1 aromatic carbocycles. The first-order valence-corrected chi connectivity index (χ1v) is 10.5. The normalized spacial score (nSPS) is 24.0. The lowest BCUT2D eigenvalue weighted by molar-refractivity contribution is -0.131. The highest BCUT2D eigenvalue weighted by Crippen LogP contribution is 2.27. The molecule has 6 nitrogen and oxygen atoms in total. The summed E-state index contributed by atoms with van der Waals surface area (Å²) in [6.07, 6.45) is 2.29. The van der Waals surface area contributed by atoms with Crippen molar-refractivity contribution in [3.05, 3.63) is 29.8 Å². The number of benzene rings is 1. The topological polar surface area (TPSA) is 78.5 Å². The zero-order valence-electron chi connectivity index (χ0n) is 14.7. The van der Waals surface area contributed by atoms with Gasteiger partial charge >= 0.3 is 0 Å². The maximum atomic E-state index is 12.4. The fourth-order valence-electron chi connectivity index (χ4n) is 3.72. The molecule has 0 unspecified atom stereocenters. The highest BCUT2D eigenvalue weighted by Gasteiger charge is 2.31. The third-order valence-corrected chi connectivity index (χ3v) is 6.81.